The molecule has 75 heavy (non-hydrogen) atoms. The Morgan fingerprint density at radius 2 is 0.693 bits per heavy atom. The summed E-state index contributed by atoms with van der Waals surface area (Å²) in [5.74, 6) is 0. The van der Waals surface area contributed by atoms with Crippen molar-refractivity contribution in [2.24, 2.45) is 0 Å². The van der Waals surface area contributed by atoms with Gasteiger partial charge in [0.05, 0.1) is 16.8 Å². The van der Waals surface area contributed by atoms with Gasteiger partial charge < -0.3 is 9.80 Å². The average molecular weight is 977 g/mol. The van der Waals surface area contributed by atoms with Crippen LogP contribution < -0.4 is 9.80 Å². The molecule has 0 heterocycles. The van der Waals surface area contributed by atoms with Crippen molar-refractivity contribution in [1.29, 1.82) is 0 Å². The topological polar surface area (TPSA) is 6.48 Å². The smallest absolute Gasteiger partial charge is 0.0714 e. The number of hydrogen-bond donors (Lipinski definition) is 0. The van der Waals surface area contributed by atoms with E-state index in [1.54, 1.807) is 0 Å². The van der Waals surface area contributed by atoms with Crippen molar-refractivity contribution in [2.45, 2.75) is 125 Å². The predicted molar refractivity (Wildman–Crippen MR) is 319 cm³/mol. The highest BCUT2D eigenvalue weighted by Gasteiger charge is 2.47. The molecule has 0 amide bonds. The molecule has 0 atom stereocenters. The normalized spacial score (nSPS) is 14.0. The van der Waals surface area contributed by atoms with E-state index in [2.05, 4.69) is 263 Å². The molecule has 12 rings (SSSR count). The molecule has 3 aliphatic rings. The fourth-order valence-corrected chi connectivity index (χ4v) is 12.8. The molecular formula is C73H72N2. The first kappa shape index (κ1) is 48.5. The minimum atomic E-state index is -0.429. The lowest BCUT2D eigenvalue weighted by molar-refractivity contribution is 0.589. The number of nitrogens with zero attached hydrogens (tertiary/aromatic N) is 2. The summed E-state index contributed by atoms with van der Waals surface area (Å²) in [5.41, 5.74) is 33.6. The van der Waals surface area contributed by atoms with Crippen molar-refractivity contribution in [2.75, 3.05) is 9.80 Å². The van der Waals surface area contributed by atoms with E-state index in [1.807, 2.05) is 0 Å². The van der Waals surface area contributed by atoms with Gasteiger partial charge in [-0.2, -0.15) is 0 Å². The van der Waals surface area contributed by atoms with E-state index in [0.29, 0.717) is 0 Å². The van der Waals surface area contributed by atoms with Crippen molar-refractivity contribution < 1.29 is 0 Å². The first-order valence-electron chi connectivity index (χ1n) is 27.5. The van der Waals surface area contributed by atoms with E-state index >= 15 is 0 Å². The molecule has 374 valence electrons. The number of benzene rings is 9. The average Bonchev–Trinajstić information content (AvgIpc) is 3.88. The second-order valence-electron chi connectivity index (χ2n) is 24.5. The zero-order chi connectivity index (χ0) is 52.3. The van der Waals surface area contributed by atoms with Gasteiger partial charge in [-0.05, 0) is 233 Å². The van der Waals surface area contributed by atoms with Gasteiger partial charge >= 0.3 is 0 Å². The molecule has 2 nitrogen and oxygen atoms in total. The third-order valence-corrected chi connectivity index (χ3v) is 17.2. The van der Waals surface area contributed by atoms with E-state index in [4.69, 9.17) is 0 Å². The molecule has 9 aromatic rings. The van der Waals surface area contributed by atoms with Crippen LogP contribution in [0.3, 0.4) is 0 Å². The summed E-state index contributed by atoms with van der Waals surface area (Å²) in [7, 11) is 0. The Balaban J connectivity index is 0.982. The summed E-state index contributed by atoms with van der Waals surface area (Å²) in [6.07, 6.45) is 4.66. The highest BCUT2D eigenvalue weighted by Crippen LogP contribution is 2.58. The maximum atomic E-state index is 2.55. The van der Waals surface area contributed by atoms with Crippen LogP contribution in [-0.2, 0) is 41.9 Å². The Bertz CT molecular complexity index is 3620. The van der Waals surface area contributed by atoms with Gasteiger partial charge in [-0.1, -0.05) is 168 Å². The molecule has 0 unspecified atom stereocenters. The van der Waals surface area contributed by atoms with Gasteiger partial charge in [0.2, 0.25) is 0 Å². The monoisotopic (exact) mass is 977 g/mol. The number of rotatable bonds is 9. The highest BCUT2D eigenvalue weighted by molar-refractivity contribution is 5.90. The first-order valence-corrected chi connectivity index (χ1v) is 27.5. The van der Waals surface area contributed by atoms with Gasteiger partial charge in [0, 0.05) is 22.7 Å². The minimum absolute atomic E-state index is 0.0269. The standard InChI is InChI=1S/C73H72N2/c1-45-13-27-61(28-14-45)74(69-47(3)38-59(39-48(69)4)71(7,8)9)63-31-33-64(34-32-63)75(70-49(5)40-60(41-50(70)6)72(10,11)12)62-29-22-53(23-30-62)56-24-36-66-65-35-15-46(2)37-67(65)73(68(66)44-56,57-25-20-51-16-18-54(51)42-57)58-26-21-52-17-19-55(52)43-58/h13-15,20-44H,16-19H2,1-12H3. The van der Waals surface area contributed by atoms with Gasteiger partial charge in [-0.3, -0.25) is 0 Å². The largest absolute Gasteiger partial charge is 0.310 e. The third kappa shape index (κ3) is 8.15. The number of anilines is 6. The number of hydrogen-bond acceptors (Lipinski definition) is 2. The lowest BCUT2D eigenvalue weighted by Crippen LogP contribution is -2.30. The summed E-state index contributed by atoms with van der Waals surface area (Å²) < 4.78 is 0. The molecule has 0 radical (unpaired) electrons. The molecule has 0 N–H and O–H groups in total. The molecule has 9 aromatic carbocycles. The Morgan fingerprint density at radius 3 is 1.09 bits per heavy atom. The van der Waals surface area contributed by atoms with Gasteiger partial charge in [0.1, 0.15) is 0 Å². The summed E-state index contributed by atoms with van der Waals surface area (Å²) in [5, 5.41) is 0. The molecule has 0 saturated carbocycles. The van der Waals surface area contributed by atoms with E-state index in [-0.39, 0.29) is 10.8 Å². The Morgan fingerprint density at radius 1 is 0.333 bits per heavy atom. The second-order valence-corrected chi connectivity index (χ2v) is 24.5. The van der Waals surface area contributed by atoms with E-state index in [1.165, 1.54) is 135 Å². The predicted octanol–water partition coefficient (Wildman–Crippen LogP) is 19.3. The van der Waals surface area contributed by atoms with E-state index < -0.39 is 5.41 Å². The SMILES string of the molecule is Cc1ccc(N(c2ccc(N(c3ccc(-c4ccc5c(c4)C(c4ccc6c(c4)CC6)(c4ccc6c(c4)CC6)c4cc(C)ccc4-5)cc3)c3c(C)cc(C(C)(C)C)cc3C)cc2)c2c(C)cc(C(C)(C)C)cc2C)cc1. The Kier molecular flexibility index (Phi) is 11.6. The fraction of sp³-hybridized carbons (Fsp3) is 0.260. The maximum absolute atomic E-state index is 2.55. The fourth-order valence-electron chi connectivity index (χ4n) is 12.8. The highest BCUT2D eigenvalue weighted by atomic mass is 15.2. The van der Waals surface area contributed by atoms with Crippen LogP contribution in [0, 0.1) is 41.5 Å². The summed E-state index contributed by atoms with van der Waals surface area (Å²) >= 11 is 0. The van der Waals surface area contributed by atoms with Gasteiger partial charge in [0.25, 0.3) is 0 Å². The molecule has 0 fully saturated rings. The van der Waals surface area contributed by atoms with Crippen LogP contribution in [0.25, 0.3) is 22.3 Å². The van der Waals surface area contributed by atoms with Crippen LogP contribution >= 0.6 is 0 Å². The van der Waals surface area contributed by atoms with Crippen LogP contribution in [0.4, 0.5) is 34.1 Å². The van der Waals surface area contributed by atoms with Gasteiger partial charge in [0.15, 0.2) is 0 Å². The zero-order valence-corrected chi connectivity index (χ0v) is 46.4. The maximum Gasteiger partial charge on any atom is 0.0714 e. The van der Waals surface area contributed by atoms with Crippen LogP contribution in [0.1, 0.15) is 131 Å². The van der Waals surface area contributed by atoms with Crippen molar-refractivity contribution in [1.82, 2.24) is 0 Å². The van der Waals surface area contributed by atoms with Crippen LogP contribution in [0.5, 0.6) is 0 Å². The molecule has 3 aliphatic carbocycles. The van der Waals surface area contributed by atoms with E-state index in [0.717, 1.165) is 35.6 Å². The van der Waals surface area contributed by atoms with Crippen LogP contribution in [0.2, 0.25) is 0 Å². The molecular weight excluding hydrogens is 905 g/mol. The number of fused-ring (bicyclic) bond motifs is 5. The van der Waals surface area contributed by atoms with E-state index in [9.17, 15) is 0 Å². The van der Waals surface area contributed by atoms with Crippen molar-refractivity contribution in [3.63, 3.8) is 0 Å². The van der Waals surface area contributed by atoms with Gasteiger partial charge in [-0.25, -0.2) is 0 Å². The van der Waals surface area contributed by atoms with Crippen molar-refractivity contribution in [3.8, 4) is 22.3 Å². The quantitative estimate of drug-likeness (QED) is 0.142. The summed E-state index contributed by atoms with van der Waals surface area (Å²) in [6, 6.07) is 66.5. The Hall–Kier alpha value is -7.42. The molecule has 0 saturated heterocycles. The lowest BCUT2D eigenvalue weighted by atomic mass is 9.65. The Labute approximate surface area is 447 Å². The van der Waals surface area contributed by atoms with Crippen molar-refractivity contribution >= 4 is 34.1 Å². The minimum Gasteiger partial charge on any atom is -0.310 e. The molecule has 0 aromatic heterocycles. The third-order valence-electron chi connectivity index (χ3n) is 17.2. The van der Waals surface area contributed by atoms with Crippen LogP contribution in [0.15, 0.2) is 170 Å². The van der Waals surface area contributed by atoms with Crippen LogP contribution in [-0.4, -0.2) is 0 Å². The molecule has 0 spiro atoms. The number of aryl methyl sites for hydroxylation is 10. The first-order chi connectivity index (χ1) is 35.9. The van der Waals surface area contributed by atoms with Crippen molar-refractivity contribution in [3.05, 3.63) is 259 Å². The second kappa shape index (κ2) is 17.9. The zero-order valence-electron chi connectivity index (χ0n) is 46.4. The molecule has 0 bridgehead atoms. The molecule has 2 heteroatoms. The molecule has 0 aliphatic heterocycles. The van der Waals surface area contributed by atoms with Gasteiger partial charge in [-0.15, -0.1) is 0 Å². The lowest BCUT2D eigenvalue weighted by Gasteiger charge is -2.37. The summed E-state index contributed by atoms with van der Waals surface area (Å²) in [6.45, 7) is 27.4. The summed E-state index contributed by atoms with van der Waals surface area (Å²) in [4.78, 5) is 4.93.